The van der Waals surface area contributed by atoms with Gasteiger partial charge in [-0.2, -0.15) is 0 Å². The second-order valence-electron chi connectivity index (χ2n) is 5.99. The van der Waals surface area contributed by atoms with E-state index >= 15 is 0 Å². The number of para-hydroxylation sites is 1. The van der Waals surface area contributed by atoms with Crippen molar-refractivity contribution in [3.8, 4) is 0 Å². The minimum Gasteiger partial charge on any atom is -0.450 e. The summed E-state index contributed by atoms with van der Waals surface area (Å²) in [5, 5.41) is 2.86. The lowest BCUT2D eigenvalue weighted by molar-refractivity contribution is -0.117. The predicted octanol–water partition coefficient (Wildman–Crippen LogP) is 2.95. The molecule has 0 atom stereocenters. The summed E-state index contributed by atoms with van der Waals surface area (Å²) in [6.45, 7) is 1.94. The molecule has 2 aromatic carbocycles. The Bertz CT molecular complexity index is 1100. The fourth-order valence-corrected chi connectivity index (χ4v) is 3.42. The summed E-state index contributed by atoms with van der Waals surface area (Å²) in [6, 6.07) is 12.7. The molecule has 0 aliphatic rings. The Balaban J connectivity index is 1.89. The van der Waals surface area contributed by atoms with Gasteiger partial charge in [-0.05, 0) is 36.8 Å². The molecule has 29 heavy (non-hydrogen) atoms. The maximum Gasteiger partial charge on any atom is 0.413 e. The van der Waals surface area contributed by atoms with Crippen LogP contribution in [0.15, 0.2) is 58.5 Å². The normalized spacial score (nSPS) is 10.7. The van der Waals surface area contributed by atoms with Crippen LogP contribution in [-0.2, 0) is 16.1 Å². The van der Waals surface area contributed by atoms with E-state index < -0.39 is 12.0 Å². The number of nitrogens with zero attached hydrogens (tertiary/aromatic N) is 2. The maximum absolute atomic E-state index is 13.2. The molecule has 3 aromatic rings. The zero-order valence-corrected chi connectivity index (χ0v) is 16.4. The fraction of sp³-hybridized carbons (Fsp3) is 0.200. The van der Waals surface area contributed by atoms with Crippen molar-refractivity contribution in [2.45, 2.75) is 18.6 Å². The van der Waals surface area contributed by atoms with Gasteiger partial charge in [0.05, 0.1) is 29.8 Å². The fourth-order valence-electron chi connectivity index (χ4n) is 2.62. The number of halogens is 1. The minimum atomic E-state index is -0.826. The molecular weight excluding hydrogens is 397 g/mol. The molecular formula is C20H18FN3O4S. The van der Waals surface area contributed by atoms with Crippen LogP contribution in [0.5, 0.6) is 0 Å². The first-order valence-corrected chi connectivity index (χ1v) is 9.80. The number of hydrogen-bond donors (Lipinski definition) is 1. The molecule has 0 unspecified atom stereocenters. The molecule has 1 aromatic heterocycles. The predicted molar refractivity (Wildman–Crippen MR) is 107 cm³/mol. The van der Waals surface area contributed by atoms with Crippen molar-refractivity contribution in [2.75, 3.05) is 12.4 Å². The SMILES string of the molecule is CCOC(=O)NC(=O)CSc1nc2ccccc2c(=O)n1Cc1ccc(F)cc1. The summed E-state index contributed by atoms with van der Waals surface area (Å²) in [5.41, 5.74) is 0.942. The summed E-state index contributed by atoms with van der Waals surface area (Å²) < 4.78 is 19.3. The van der Waals surface area contributed by atoms with Gasteiger partial charge in [0.15, 0.2) is 5.16 Å². The Morgan fingerprint density at radius 2 is 1.90 bits per heavy atom. The van der Waals surface area contributed by atoms with Crippen LogP contribution in [0.3, 0.4) is 0 Å². The summed E-state index contributed by atoms with van der Waals surface area (Å²) in [4.78, 5) is 40.8. The number of thioether (sulfide) groups is 1. The van der Waals surface area contributed by atoms with E-state index in [1.165, 1.54) is 16.7 Å². The van der Waals surface area contributed by atoms with Gasteiger partial charge in [-0.3, -0.25) is 19.5 Å². The number of hydrogen-bond acceptors (Lipinski definition) is 6. The maximum atomic E-state index is 13.2. The number of carbonyl (C=O) groups excluding carboxylic acids is 2. The lowest BCUT2D eigenvalue weighted by Gasteiger charge is -2.13. The molecule has 1 heterocycles. The number of ether oxygens (including phenoxy) is 1. The Labute approximate surface area is 169 Å². The molecule has 0 spiro atoms. The molecule has 0 fully saturated rings. The highest BCUT2D eigenvalue weighted by Gasteiger charge is 2.15. The third-order valence-corrected chi connectivity index (χ3v) is 4.91. The standard InChI is InChI=1S/C20H18FN3O4S/c1-2-28-20(27)23-17(25)12-29-19-22-16-6-4-3-5-15(16)18(26)24(19)11-13-7-9-14(21)10-8-13/h3-10H,2,11-12H2,1H3,(H,23,25,27). The van der Waals surface area contributed by atoms with Crippen LogP contribution in [0.2, 0.25) is 0 Å². The van der Waals surface area contributed by atoms with Crippen molar-refractivity contribution in [3.05, 3.63) is 70.3 Å². The topological polar surface area (TPSA) is 90.3 Å². The van der Waals surface area contributed by atoms with E-state index in [1.807, 2.05) is 0 Å². The van der Waals surface area contributed by atoms with E-state index in [-0.39, 0.29) is 30.3 Å². The molecule has 0 aliphatic carbocycles. The van der Waals surface area contributed by atoms with Crippen LogP contribution in [0.1, 0.15) is 12.5 Å². The van der Waals surface area contributed by atoms with E-state index in [9.17, 15) is 18.8 Å². The molecule has 1 N–H and O–H groups in total. The average molecular weight is 415 g/mol. The van der Waals surface area contributed by atoms with Crippen LogP contribution < -0.4 is 10.9 Å². The van der Waals surface area contributed by atoms with E-state index in [1.54, 1.807) is 43.3 Å². The largest absolute Gasteiger partial charge is 0.450 e. The van der Waals surface area contributed by atoms with Gasteiger partial charge in [-0.1, -0.05) is 36.0 Å². The minimum absolute atomic E-state index is 0.132. The van der Waals surface area contributed by atoms with Crippen LogP contribution in [0.25, 0.3) is 10.9 Å². The zero-order chi connectivity index (χ0) is 20.8. The van der Waals surface area contributed by atoms with Crippen molar-refractivity contribution in [2.24, 2.45) is 0 Å². The van der Waals surface area contributed by atoms with Crippen molar-refractivity contribution in [3.63, 3.8) is 0 Å². The molecule has 0 saturated heterocycles. The monoisotopic (exact) mass is 415 g/mol. The molecule has 0 bridgehead atoms. The highest BCUT2D eigenvalue weighted by molar-refractivity contribution is 7.99. The van der Waals surface area contributed by atoms with E-state index in [0.717, 1.165) is 11.8 Å². The quantitative estimate of drug-likeness (QED) is 0.492. The highest BCUT2D eigenvalue weighted by atomic mass is 32.2. The lowest BCUT2D eigenvalue weighted by atomic mass is 10.2. The van der Waals surface area contributed by atoms with Crippen LogP contribution in [-0.4, -0.2) is 33.9 Å². The average Bonchev–Trinajstić information content (AvgIpc) is 2.70. The summed E-state index contributed by atoms with van der Waals surface area (Å²) in [7, 11) is 0. The van der Waals surface area contributed by atoms with Gasteiger partial charge in [-0.25, -0.2) is 14.2 Å². The number of amides is 2. The van der Waals surface area contributed by atoms with E-state index in [4.69, 9.17) is 0 Å². The second-order valence-corrected chi connectivity index (χ2v) is 6.93. The zero-order valence-electron chi connectivity index (χ0n) is 15.6. The van der Waals surface area contributed by atoms with Crippen molar-refractivity contribution in [1.82, 2.24) is 14.9 Å². The van der Waals surface area contributed by atoms with Gasteiger partial charge < -0.3 is 4.74 Å². The molecule has 0 aliphatic heterocycles. The van der Waals surface area contributed by atoms with Gasteiger partial charge in [0.25, 0.3) is 5.56 Å². The number of alkyl carbamates (subject to hydrolysis) is 1. The summed E-state index contributed by atoms with van der Waals surface area (Å²) >= 11 is 1.02. The summed E-state index contributed by atoms with van der Waals surface area (Å²) in [5.74, 6) is -1.07. The number of carbonyl (C=O) groups is 2. The van der Waals surface area contributed by atoms with Crippen molar-refractivity contribution in [1.29, 1.82) is 0 Å². The Morgan fingerprint density at radius 3 is 2.62 bits per heavy atom. The molecule has 0 saturated carbocycles. The lowest BCUT2D eigenvalue weighted by Crippen LogP contribution is -2.32. The number of benzene rings is 2. The first-order valence-electron chi connectivity index (χ1n) is 8.81. The number of aromatic nitrogens is 2. The first-order chi connectivity index (χ1) is 14.0. The Kier molecular flexibility index (Phi) is 6.61. The molecule has 3 rings (SSSR count). The van der Waals surface area contributed by atoms with Crippen molar-refractivity contribution < 1.29 is 18.7 Å². The van der Waals surface area contributed by atoms with Gasteiger partial charge in [0, 0.05) is 0 Å². The number of nitrogens with one attached hydrogen (secondary N) is 1. The summed E-state index contributed by atoms with van der Waals surface area (Å²) in [6.07, 6.45) is -0.826. The third kappa shape index (κ3) is 5.20. The highest BCUT2D eigenvalue weighted by Crippen LogP contribution is 2.19. The van der Waals surface area contributed by atoms with Crippen LogP contribution in [0, 0.1) is 5.82 Å². The first kappa shape index (κ1) is 20.5. The Hall–Kier alpha value is -3.20. The van der Waals surface area contributed by atoms with Gasteiger partial charge in [0.1, 0.15) is 5.82 Å². The second kappa shape index (κ2) is 9.33. The van der Waals surface area contributed by atoms with Crippen LogP contribution >= 0.6 is 11.8 Å². The molecule has 2 amide bonds. The van der Waals surface area contributed by atoms with Gasteiger partial charge >= 0.3 is 6.09 Å². The van der Waals surface area contributed by atoms with Gasteiger partial charge in [0.2, 0.25) is 5.91 Å². The molecule has 150 valence electrons. The number of fused-ring (bicyclic) bond motifs is 1. The smallest absolute Gasteiger partial charge is 0.413 e. The Morgan fingerprint density at radius 1 is 1.17 bits per heavy atom. The number of rotatable bonds is 6. The molecule has 7 nitrogen and oxygen atoms in total. The van der Waals surface area contributed by atoms with Crippen molar-refractivity contribution >= 4 is 34.7 Å². The van der Waals surface area contributed by atoms with Gasteiger partial charge in [-0.15, -0.1) is 0 Å². The van der Waals surface area contributed by atoms with Crippen LogP contribution in [0.4, 0.5) is 9.18 Å². The van der Waals surface area contributed by atoms with E-state index in [2.05, 4.69) is 15.0 Å². The number of imide groups is 1. The van der Waals surface area contributed by atoms with E-state index in [0.29, 0.717) is 21.6 Å². The molecule has 0 radical (unpaired) electrons. The third-order valence-electron chi connectivity index (χ3n) is 3.93. The molecule has 9 heteroatoms.